The van der Waals surface area contributed by atoms with Crippen molar-refractivity contribution in [3.8, 4) is 0 Å². The molecule has 1 atom stereocenters. The summed E-state index contributed by atoms with van der Waals surface area (Å²) in [5, 5.41) is 7.00. The maximum absolute atomic E-state index is 13.8. The van der Waals surface area contributed by atoms with Gasteiger partial charge in [-0.05, 0) is 36.6 Å². The third kappa shape index (κ3) is 5.19. The zero-order valence-corrected chi connectivity index (χ0v) is 17.5. The smallest absolute Gasteiger partial charge is 0.269 e. The fourth-order valence-corrected chi connectivity index (χ4v) is 3.90. The molecule has 3 aromatic rings. The van der Waals surface area contributed by atoms with Crippen LogP contribution in [0.15, 0.2) is 65.6 Å². The van der Waals surface area contributed by atoms with E-state index in [-0.39, 0.29) is 29.5 Å². The second kappa shape index (κ2) is 9.72. The topological polar surface area (TPSA) is 67.2 Å². The third-order valence-corrected chi connectivity index (χ3v) is 5.65. The molecule has 32 heavy (non-hydrogen) atoms. The molecule has 0 unspecified atom stereocenters. The second-order valence-corrected chi connectivity index (χ2v) is 7.93. The minimum atomic E-state index is -0.556. The number of carbonyl (C=O) groups excluding carboxylic acids is 1. The van der Waals surface area contributed by atoms with E-state index in [4.69, 9.17) is 0 Å². The molecule has 166 valence electrons. The molecule has 1 aliphatic rings. The first-order chi connectivity index (χ1) is 15.5. The van der Waals surface area contributed by atoms with Gasteiger partial charge < -0.3 is 10.2 Å². The molecule has 0 spiro atoms. The Hall–Kier alpha value is -3.55. The number of hydrogen-bond donors (Lipinski definition) is 1. The lowest BCUT2D eigenvalue weighted by Gasteiger charge is -2.33. The van der Waals surface area contributed by atoms with E-state index in [1.54, 1.807) is 12.3 Å². The van der Waals surface area contributed by atoms with E-state index in [0.29, 0.717) is 31.7 Å². The van der Waals surface area contributed by atoms with Crippen LogP contribution in [0.1, 0.15) is 24.0 Å². The van der Waals surface area contributed by atoms with E-state index < -0.39 is 11.6 Å². The van der Waals surface area contributed by atoms with Crippen LogP contribution in [0, 0.1) is 17.6 Å². The summed E-state index contributed by atoms with van der Waals surface area (Å²) < 4.78 is 28.5. The molecule has 1 amide bonds. The largest absolute Gasteiger partial charge is 0.369 e. The number of piperidine rings is 1. The molecular weight excluding hydrogens is 414 g/mol. The van der Waals surface area contributed by atoms with Gasteiger partial charge in [0.1, 0.15) is 11.6 Å². The summed E-state index contributed by atoms with van der Waals surface area (Å²) in [6.45, 7) is 1.46. The molecule has 0 bridgehead atoms. The van der Waals surface area contributed by atoms with E-state index in [9.17, 15) is 18.4 Å². The zero-order valence-electron chi connectivity index (χ0n) is 17.5. The van der Waals surface area contributed by atoms with Crippen LogP contribution in [-0.2, 0) is 17.9 Å². The average molecular weight is 438 g/mol. The van der Waals surface area contributed by atoms with Gasteiger partial charge in [-0.25, -0.2) is 13.5 Å². The van der Waals surface area contributed by atoms with Gasteiger partial charge in [0.2, 0.25) is 5.91 Å². The Bertz CT molecular complexity index is 1150. The number of nitrogens with zero attached hydrogens (tertiary/aromatic N) is 3. The predicted octanol–water partition coefficient (Wildman–Crippen LogP) is 3.10. The maximum atomic E-state index is 13.8. The molecule has 2 heterocycles. The van der Waals surface area contributed by atoms with Crippen LogP contribution in [-0.4, -0.2) is 28.8 Å². The van der Waals surface area contributed by atoms with Gasteiger partial charge in [-0.3, -0.25) is 9.59 Å². The summed E-state index contributed by atoms with van der Waals surface area (Å²) >= 11 is 0. The summed E-state index contributed by atoms with van der Waals surface area (Å²) in [6.07, 6.45) is 3.11. The Labute approximate surface area is 184 Å². The molecule has 1 saturated heterocycles. The van der Waals surface area contributed by atoms with Crippen LogP contribution in [0.2, 0.25) is 0 Å². The summed E-state index contributed by atoms with van der Waals surface area (Å²) in [4.78, 5) is 27.2. The van der Waals surface area contributed by atoms with Crippen LogP contribution in [0.3, 0.4) is 0 Å². The minimum Gasteiger partial charge on any atom is -0.369 e. The van der Waals surface area contributed by atoms with Crippen molar-refractivity contribution < 1.29 is 13.6 Å². The normalized spacial score (nSPS) is 16.1. The highest BCUT2D eigenvalue weighted by atomic mass is 19.1. The molecule has 1 N–H and O–H groups in total. The van der Waals surface area contributed by atoms with Gasteiger partial charge in [0.25, 0.3) is 5.56 Å². The van der Waals surface area contributed by atoms with Crippen molar-refractivity contribution in [3.63, 3.8) is 0 Å². The lowest BCUT2D eigenvalue weighted by Crippen LogP contribution is -2.43. The first-order valence-electron chi connectivity index (χ1n) is 10.6. The predicted molar refractivity (Wildman–Crippen MR) is 117 cm³/mol. The quantitative estimate of drug-likeness (QED) is 0.642. The van der Waals surface area contributed by atoms with Crippen LogP contribution in [0.5, 0.6) is 0 Å². The molecular formula is C24H24F2N4O2. The SMILES string of the molecule is O=C(NCc1cc(F)ccc1F)[C@H]1CCCN(c2cnn(Cc3ccccc3)c(=O)c2)C1. The number of halogens is 2. The van der Waals surface area contributed by atoms with Gasteiger partial charge in [0.05, 0.1) is 24.3 Å². The molecule has 1 aromatic heterocycles. The fourth-order valence-electron chi connectivity index (χ4n) is 3.90. The van der Waals surface area contributed by atoms with Gasteiger partial charge in [-0.2, -0.15) is 5.10 Å². The van der Waals surface area contributed by atoms with E-state index in [1.807, 2.05) is 35.2 Å². The van der Waals surface area contributed by atoms with Crippen LogP contribution in [0.25, 0.3) is 0 Å². The average Bonchev–Trinajstić information content (AvgIpc) is 2.81. The molecule has 0 radical (unpaired) electrons. The van der Waals surface area contributed by atoms with Crippen LogP contribution >= 0.6 is 0 Å². The van der Waals surface area contributed by atoms with Gasteiger partial charge in [-0.15, -0.1) is 0 Å². The molecule has 1 fully saturated rings. The molecule has 1 aliphatic heterocycles. The standard InChI is InChI=1S/C24H24F2N4O2/c25-20-8-9-22(26)19(11-20)13-27-24(32)18-7-4-10-29(16-18)21-12-23(31)30(28-14-21)15-17-5-2-1-3-6-17/h1-3,5-6,8-9,11-12,14,18H,4,7,10,13,15-16H2,(H,27,32)/t18-/m0/s1. The highest BCUT2D eigenvalue weighted by Gasteiger charge is 2.26. The maximum Gasteiger partial charge on any atom is 0.269 e. The van der Waals surface area contributed by atoms with Crippen molar-refractivity contribution in [1.29, 1.82) is 0 Å². The van der Waals surface area contributed by atoms with Gasteiger partial charge >= 0.3 is 0 Å². The van der Waals surface area contributed by atoms with Crippen molar-refractivity contribution in [3.05, 3.63) is 93.9 Å². The van der Waals surface area contributed by atoms with Gasteiger partial charge in [0.15, 0.2) is 0 Å². The van der Waals surface area contributed by atoms with Crippen molar-refractivity contribution in [1.82, 2.24) is 15.1 Å². The summed E-state index contributed by atoms with van der Waals surface area (Å²) in [5.74, 6) is -1.64. The molecule has 0 aliphatic carbocycles. The zero-order chi connectivity index (χ0) is 22.5. The van der Waals surface area contributed by atoms with Crippen LogP contribution < -0.4 is 15.8 Å². The highest BCUT2D eigenvalue weighted by molar-refractivity contribution is 5.79. The number of benzene rings is 2. The van der Waals surface area contributed by atoms with Crippen molar-refractivity contribution in [2.45, 2.75) is 25.9 Å². The lowest BCUT2D eigenvalue weighted by molar-refractivity contribution is -0.125. The molecule has 4 rings (SSSR count). The number of rotatable bonds is 6. The number of amides is 1. The molecule has 6 nitrogen and oxygen atoms in total. The highest BCUT2D eigenvalue weighted by Crippen LogP contribution is 2.22. The number of aromatic nitrogens is 2. The van der Waals surface area contributed by atoms with E-state index >= 15 is 0 Å². The first kappa shape index (κ1) is 21.7. The molecule has 2 aromatic carbocycles. The summed E-state index contributed by atoms with van der Waals surface area (Å²) in [7, 11) is 0. The Kier molecular flexibility index (Phi) is 6.58. The van der Waals surface area contributed by atoms with Crippen molar-refractivity contribution >= 4 is 11.6 Å². The fraction of sp³-hybridized carbons (Fsp3) is 0.292. The van der Waals surface area contributed by atoms with E-state index in [0.717, 1.165) is 30.2 Å². The van der Waals surface area contributed by atoms with E-state index in [1.165, 1.54) is 4.68 Å². The number of anilines is 1. The Balaban J connectivity index is 1.39. The Morgan fingerprint density at radius 3 is 2.72 bits per heavy atom. The van der Waals surface area contributed by atoms with Crippen molar-refractivity contribution in [2.75, 3.05) is 18.0 Å². The second-order valence-electron chi connectivity index (χ2n) is 7.93. The summed E-state index contributed by atoms with van der Waals surface area (Å²) in [6, 6.07) is 14.3. The van der Waals surface area contributed by atoms with Gasteiger partial charge in [-0.1, -0.05) is 30.3 Å². The minimum absolute atomic E-state index is 0.0734. The van der Waals surface area contributed by atoms with E-state index in [2.05, 4.69) is 10.4 Å². The first-order valence-corrected chi connectivity index (χ1v) is 10.6. The number of hydrogen-bond acceptors (Lipinski definition) is 4. The Morgan fingerprint density at radius 2 is 1.94 bits per heavy atom. The Morgan fingerprint density at radius 1 is 1.12 bits per heavy atom. The summed E-state index contributed by atoms with van der Waals surface area (Å²) in [5.41, 5.74) is 1.56. The monoisotopic (exact) mass is 438 g/mol. The molecule has 8 heteroatoms. The van der Waals surface area contributed by atoms with Crippen molar-refractivity contribution in [2.24, 2.45) is 5.92 Å². The van der Waals surface area contributed by atoms with Crippen LogP contribution in [0.4, 0.5) is 14.5 Å². The van der Waals surface area contributed by atoms with Gasteiger partial charge in [0, 0.05) is 31.3 Å². The number of carbonyl (C=O) groups is 1. The third-order valence-electron chi connectivity index (χ3n) is 5.65. The molecule has 0 saturated carbocycles. The number of nitrogens with one attached hydrogen (secondary N) is 1. The lowest BCUT2D eigenvalue weighted by atomic mass is 9.96.